The maximum absolute atomic E-state index is 12.6. The summed E-state index contributed by atoms with van der Waals surface area (Å²) in [5, 5.41) is 2.92. The summed E-state index contributed by atoms with van der Waals surface area (Å²) in [7, 11) is -3.37. The predicted molar refractivity (Wildman–Crippen MR) is 108 cm³/mol. The van der Waals surface area contributed by atoms with Gasteiger partial charge in [0.05, 0.1) is 15.5 Å². The lowest BCUT2D eigenvalue weighted by Crippen LogP contribution is -2.21. The Bertz CT molecular complexity index is 1140. The van der Waals surface area contributed by atoms with E-state index in [1.807, 2.05) is 50.2 Å². The first-order chi connectivity index (χ1) is 12.8. The summed E-state index contributed by atoms with van der Waals surface area (Å²) in [5.74, 6) is -0.235. The van der Waals surface area contributed by atoms with Gasteiger partial charge in [-0.2, -0.15) is 0 Å². The van der Waals surface area contributed by atoms with Crippen LogP contribution in [0.2, 0.25) is 0 Å². The Kier molecular flexibility index (Phi) is 4.40. The third kappa shape index (κ3) is 3.42. The monoisotopic (exact) mass is 397 g/mol. The molecular weight excluding hydrogens is 378 g/mol. The Morgan fingerprint density at radius 3 is 2.48 bits per heavy atom. The molecule has 0 radical (unpaired) electrons. The van der Waals surface area contributed by atoms with Gasteiger partial charge in [0.25, 0.3) is 5.91 Å². The standard InChI is InChI=1S/C21H19NO3S2/c1-13-3-6-15(7-4-13)11-22-21(23)18-10-16-12-27(24,25)19-8-5-14(2)9-17(19)20(16)26-18/h3-10H,11-12H2,1-2H3,(H,22,23). The second-order valence-corrected chi connectivity index (χ2v) is 9.90. The Labute approximate surface area is 162 Å². The summed E-state index contributed by atoms with van der Waals surface area (Å²) >= 11 is 1.36. The lowest BCUT2D eigenvalue weighted by Gasteiger charge is -2.17. The van der Waals surface area contributed by atoms with Gasteiger partial charge >= 0.3 is 0 Å². The summed E-state index contributed by atoms with van der Waals surface area (Å²) in [6, 6.07) is 15.1. The van der Waals surface area contributed by atoms with E-state index in [0.29, 0.717) is 27.4 Å². The van der Waals surface area contributed by atoms with Gasteiger partial charge in [-0.05, 0) is 43.2 Å². The minimum Gasteiger partial charge on any atom is -0.347 e. The van der Waals surface area contributed by atoms with Gasteiger partial charge < -0.3 is 5.32 Å². The van der Waals surface area contributed by atoms with Crippen molar-refractivity contribution in [3.8, 4) is 10.4 Å². The zero-order chi connectivity index (χ0) is 19.2. The molecule has 0 spiro atoms. The molecule has 4 rings (SSSR count). The van der Waals surface area contributed by atoms with Crippen LogP contribution in [0.1, 0.15) is 31.9 Å². The molecule has 0 bridgehead atoms. The molecule has 1 aromatic heterocycles. The second-order valence-electron chi connectivity index (χ2n) is 6.89. The number of benzene rings is 2. The molecule has 1 N–H and O–H groups in total. The van der Waals surface area contributed by atoms with E-state index < -0.39 is 9.84 Å². The lowest BCUT2D eigenvalue weighted by molar-refractivity contribution is 0.0955. The Hall–Kier alpha value is -2.44. The molecule has 1 aliphatic rings. The third-order valence-corrected chi connectivity index (χ3v) is 7.59. The highest BCUT2D eigenvalue weighted by Gasteiger charge is 2.30. The molecule has 138 valence electrons. The molecule has 0 fully saturated rings. The molecule has 0 saturated heterocycles. The number of thiophene rings is 1. The SMILES string of the molecule is Cc1ccc(CNC(=O)c2cc3c(s2)-c2cc(C)ccc2S(=O)(=O)C3)cc1. The maximum Gasteiger partial charge on any atom is 0.261 e. The van der Waals surface area contributed by atoms with Crippen molar-refractivity contribution in [2.45, 2.75) is 31.0 Å². The summed E-state index contributed by atoms with van der Waals surface area (Å²) in [5.41, 5.74) is 4.61. The van der Waals surface area contributed by atoms with Crippen molar-refractivity contribution in [3.05, 3.63) is 75.7 Å². The average Bonchev–Trinajstić information content (AvgIpc) is 3.04. The summed E-state index contributed by atoms with van der Waals surface area (Å²) in [6.07, 6.45) is 0. The van der Waals surface area contributed by atoms with Crippen molar-refractivity contribution >= 4 is 27.1 Å². The number of rotatable bonds is 3. The number of carbonyl (C=O) groups is 1. The number of carbonyl (C=O) groups excluding carboxylic acids is 1. The fourth-order valence-corrected chi connectivity index (χ4v) is 6.07. The number of amides is 1. The van der Waals surface area contributed by atoms with Crippen molar-refractivity contribution in [2.24, 2.45) is 0 Å². The largest absolute Gasteiger partial charge is 0.347 e. The van der Waals surface area contributed by atoms with Crippen molar-refractivity contribution in [1.82, 2.24) is 5.32 Å². The fraction of sp³-hybridized carbons (Fsp3) is 0.190. The van der Waals surface area contributed by atoms with Crippen LogP contribution in [-0.4, -0.2) is 14.3 Å². The van der Waals surface area contributed by atoms with Crippen LogP contribution in [0.15, 0.2) is 53.4 Å². The molecule has 4 nitrogen and oxygen atoms in total. The zero-order valence-electron chi connectivity index (χ0n) is 15.1. The highest BCUT2D eigenvalue weighted by molar-refractivity contribution is 7.91. The van der Waals surface area contributed by atoms with E-state index in [4.69, 9.17) is 0 Å². The van der Waals surface area contributed by atoms with Crippen LogP contribution in [0.4, 0.5) is 0 Å². The number of sulfone groups is 1. The molecule has 0 saturated carbocycles. The highest BCUT2D eigenvalue weighted by atomic mass is 32.2. The van der Waals surface area contributed by atoms with Crippen molar-refractivity contribution < 1.29 is 13.2 Å². The minimum absolute atomic E-state index is 0.0554. The lowest BCUT2D eigenvalue weighted by atomic mass is 10.1. The molecule has 1 aliphatic heterocycles. The van der Waals surface area contributed by atoms with E-state index in [1.165, 1.54) is 16.9 Å². The van der Waals surface area contributed by atoms with Crippen LogP contribution in [0.25, 0.3) is 10.4 Å². The summed E-state index contributed by atoms with van der Waals surface area (Å²) in [6.45, 7) is 4.39. The molecule has 1 amide bonds. The molecule has 2 heterocycles. The van der Waals surface area contributed by atoms with Gasteiger partial charge in [-0.25, -0.2) is 8.42 Å². The molecule has 0 atom stereocenters. The molecule has 0 unspecified atom stereocenters. The molecule has 27 heavy (non-hydrogen) atoms. The molecule has 6 heteroatoms. The molecular formula is C21H19NO3S2. The van der Waals surface area contributed by atoms with Gasteiger partial charge in [0.15, 0.2) is 9.84 Å². The zero-order valence-corrected chi connectivity index (χ0v) is 16.7. The number of hydrogen-bond acceptors (Lipinski definition) is 4. The van der Waals surface area contributed by atoms with E-state index in [-0.39, 0.29) is 11.7 Å². The third-order valence-electron chi connectivity index (χ3n) is 4.67. The van der Waals surface area contributed by atoms with Crippen LogP contribution in [-0.2, 0) is 22.1 Å². The first-order valence-corrected chi connectivity index (χ1v) is 11.1. The number of nitrogens with one attached hydrogen (secondary N) is 1. The highest BCUT2D eigenvalue weighted by Crippen LogP contribution is 2.43. The van der Waals surface area contributed by atoms with Crippen LogP contribution >= 0.6 is 11.3 Å². The van der Waals surface area contributed by atoms with E-state index in [0.717, 1.165) is 16.0 Å². The van der Waals surface area contributed by atoms with E-state index in [1.54, 1.807) is 12.1 Å². The quantitative estimate of drug-likeness (QED) is 0.719. The van der Waals surface area contributed by atoms with Crippen LogP contribution in [0.3, 0.4) is 0 Å². The van der Waals surface area contributed by atoms with Gasteiger partial charge in [-0.15, -0.1) is 11.3 Å². The van der Waals surface area contributed by atoms with Gasteiger partial charge in [0.2, 0.25) is 0 Å². The van der Waals surface area contributed by atoms with Crippen LogP contribution in [0.5, 0.6) is 0 Å². The minimum atomic E-state index is -3.37. The number of aryl methyl sites for hydroxylation is 2. The van der Waals surface area contributed by atoms with E-state index >= 15 is 0 Å². The first-order valence-electron chi connectivity index (χ1n) is 8.64. The second kappa shape index (κ2) is 6.62. The van der Waals surface area contributed by atoms with Crippen molar-refractivity contribution in [2.75, 3.05) is 0 Å². The normalized spacial score (nSPS) is 14.3. The smallest absolute Gasteiger partial charge is 0.261 e. The van der Waals surface area contributed by atoms with Gasteiger partial charge in [-0.3, -0.25) is 4.79 Å². The molecule has 3 aromatic rings. The summed E-state index contributed by atoms with van der Waals surface area (Å²) in [4.78, 5) is 14.4. The van der Waals surface area contributed by atoms with Crippen LogP contribution in [0, 0.1) is 13.8 Å². The van der Waals surface area contributed by atoms with Crippen molar-refractivity contribution in [1.29, 1.82) is 0 Å². The topological polar surface area (TPSA) is 63.2 Å². The summed E-state index contributed by atoms with van der Waals surface area (Å²) < 4.78 is 25.1. The first kappa shape index (κ1) is 17.9. The van der Waals surface area contributed by atoms with Crippen molar-refractivity contribution in [3.63, 3.8) is 0 Å². The Balaban J connectivity index is 1.62. The van der Waals surface area contributed by atoms with Gasteiger partial charge in [0.1, 0.15) is 0 Å². The molecule has 0 aliphatic carbocycles. The predicted octanol–water partition coefficient (Wildman–Crippen LogP) is 4.25. The average molecular weight is 398 g/mol. The molecule has 2 aromatic carbocycles. The van der Waals surface area contributed by atoms with Crippen LogP contribution < -0.4 is 5.32 Å². The number of hydrogen-bond donors (Lipinski definition) is 1. The van der Waals surface area contributed by atoms with E-state index in [2.05, 4.69) is 5.32 Å². The Morgan fingerprint density at radius 2 is 1.74 bits per heavy atom. The fourth-order valence-electron chi connectivity index (χ4n) is 3.23. The van der Waals surface area contributed by atoms with E-state index in [9.17, 15) is 13.2 Å². The van der Waals surface area contributed by atoms with Gasteiger partial charge in [-0.1, -0.05) is 41.5 Å². The Morgan fingerprint density at radius 1 is 1.04 bits per heavy atom. The van der Waals surface area contributed by atoms with Gasteiger partial charge in [0, 0.05) is 17.0 Å². The number of fused-ring (bicyclic) bond motifs is 3. The maximum atomic E-state index is 12.6.